The molecule has 0 amide bonds. The Bertz CT molecular complexity index is 888. The van der Waals surface area contributed by atoms with Crippen LogP contribution in [0.4, 0.5) is 10.1 Å². The highest BCUT2D eigenvalue weighted by Gasteiger charge is 2.03. The summed E-state index contributed by atoms with van der Waals surface area (Å²) in [6.45, 7) is -0.471. The van der Waals surface area contributed by atoms with E-state index in [0.717, 1.165) is 16.8 Å². The average molecular weight is 360 g/mol. The molecular formula is C23H20FNO2. The lowest BCUT2D eigenvalue weighted by atomic mass is 10.0. The van der Waals surface area contributed by atoms with Gasteiger partial charge in [0.05, 0.1) is 0 Å². The van der Waals surface area contributed by atoms with E-state index in [-0.39, 0.29) is 12.4 Å². The second-order valence-corrected chi connectivity index (χ2v) is 5.85. The van der Waals surface area contributed by atoms with Crippen molar-refractivity contribution in [3.05, 3.63) is 96.7 Å². The minimum absolute atomic E-state index is 0.0459. The van der Waals surface area contributed by atoms with Crippen LogP contribution in [0.5, 0.6) is 5.75 Å². The normalized spacial score (nSPS) is 10.7. The van der Waals surface area contributed by atoms with Crippen LogP contribution in [0, 0.1) is 0 Å². The van der Waals surface area contributed by atoms with Gasteiger partial charge >= 0.3 is 0 Å². The van der Waals surface area contributed by atoms with Crippen LogP contribution in [0.3, 0.4) is 0 Å². The van der Waals surface area contributed by atoms with Crippen molar-refractivity contribution in [3.8, 4) is 16.9 Å². The van der Waals surface area contributed by atoms with Crippen LogP contribution in [-0.4, -0.2) is 19.1 Å². The Hall–Kier alpha value is -3.40. The molecular weight excluding hydrogens is 340 g/mol. The van der Waals surface area contributed by atoms with Crippen molar-refractivity contribution >= 4 is 11.5 Å². The van der Waals surface area contributed by atoms with E-state index in [9.17, 15) is 9.18 Å². The molecule has 0 aromatic heterocycles. The van der Waals surface area contributed by atoms with Crippen LogP contribution in [0.25, 0.3) is 11.1 Å². The number of anilines is 1. The summed E-state index contributed by atoms with van der Waals surface area (Å²) in [5, 5.41) is 3.03. The Balaban J connectivity index is 1.56. The number of allylic oxidation sites excluding steroid dienone is 1. The van der Waals surface area contributed by atoms with E-state index < -0.39 is 6.67 Å². The molecule has 1 N–H and O–H groups in total. The van der Waals surface area contributed by atoms with Gasteiger partial charge in [0.25, 0.3) is 0 Å². The maximum absolute atomic E-state index is 12.3. The molecule has 136 valence electrons. The van der Waals surface area contributed by atoms with E-state index >= 15 is 0 Å². The SMILES string of the molecule is O=C(C=CNc1ccc(OCC[18F])cc1)c1ccc(-c2ccccc2)cc1. The summed E-state index contributed by atoms with van der Waals surface area (Å²) in [5.74, 6) is 0.529. The van der Waals surface area contributed by atoms with Crippen molar-refractivity contribution in [1.29, 1.82) is 0 Å². The Labute approximate surface area is 158 Å². The van der Waals surface area contributed by atoms with Crippen LogP contribution in [-0.2, 0) is 0 Å². The van der Waals surface area contributed by atoms with Crippen molar-refractivity contribution in [2.45, 2.75) is 0 Å². The number of hydrogen-bond acceptors (Lipinski definition) is 3. The summed E-state index contributed by atoms with van der Waals surface area (Å²) >= 11 is 0. The van der Waals surface area contributed by atoms with Crippen molar-refractivity contribution in [3.63, 3.8) is 0 Å². The summed E-state index contributed by atoms with van der Waals surface area (Å²) in [6, 6.07) is 24.7. The highest BCUT2D eigenvalue weighted by Crippen LogP contribution is 2.19. The summed E-state index contributed by atoms with van der Waals surface area (Å²) in [6.07, 6.45) is 3.09. The molecule has 0 radical (unpaired) electrons. The van der Waals surface area contributed by atoms with E-state index in [1.807, 2.05) is 54.6 Å². The number of carbonyl (C=O) groups is 1. The zero-order valence-electron chi connectivity index (χ0n) is 14.8. The molecule has 4 heteroatoms. The van der Waals surface area contributed by atoms with Gasteiger partial charge < -0.3 is 10.1 Å². The minimum Gasteiger partial charge on any atom is -0.491 e. The molecule has 3 aromatic carbocycles. The lowest BCUT2D eigenvalue weighted by Crippen LogP contribution is -1.99. The van der Waals surface area contributed by atoms with Crippen LogP contribution in [0.2, 0.25) is 0 Å². The molecule has 0 saturated carbocycles. The quantitative estimate of drug-likeness (QED) is 0.425. The molecule has 0 fully saturated rings. The number of alkyl halides is 1. The fourth-order valence-electron chi connectivity index (χ4n) is 2.57. The summed E-state index contributed by atoms with van der Waals surface area (Å²) in [5.41, 5.74) is 3.63. The Morgan fingerprint density at radius 1 is 0.889 bits per heavy atom. The predicted molar refractivity (Wildman–Crippen MR) is 107 cm³/mol. The van der Waals surface area contributed by atoms with Gasteiger partial charge in [0.2, 0.25) is 0 Å². The maximum Gasteiger partial charge on any atom is 0.187 e. The second-order valence-electron chi connectivity index (χ2n) is 5.85. The standard InChI is InChI=1S/C23H20FNO2/c24-15-17-27-22-12-10-21(11-13-22)25-16-14-23(26)20-8-6-19(7-9-20)18-4-2-1-3-5-18/h1-14,16,25H,15,17H2/i24-1. The number of rotatable bonds is 8. The lowest BCUT2D eigenvalue weighted by Gasteiger charge is -2.05. The molecule has 3 rings (SSSR count). The number of benzene rings is 3. The monoisotopic (exact) mass is 360 g/mol. The zero-order chi connectivity index (χ0) is 18.9. The van der Waals surface area contributed by atoms with Gasteiger partial charge in [-0.3, -0.25) is 4.79 Å². The van der Waals surface area contributed by atoms with Crippen LogP contribution >= 0.6 is 0 Å². The highest BCUT2D eigenvalue weighted by molar-refractivity contribution is 6.04. The summed E-state index contributed by atoms with van der Waals surface area (Å²) in [7, 11) is 0. The van der Waals surface area contributed by atoms with Gasteiger partial charge in [-0.05, 0) is 35.4 Å². The Kier molecular flexibility index (Phi) is 6.36. The number of carbonyl (C=O) groups excluding carboxylic acids is 1. The number of halogens is 1. The molecule has 0 saturated heterocycles. The number of nitrogens with one attached hydrogen (secondary N) is 1. The molecule has 0 aliphatic rings. The third-order valence-electron chi connectivity index (χ3n) is 3.96. The first-order chi connectivity index (χ1) is 13.3. The molecule has 3 nitrogen and oxygen atoms in total. The van der Waals surface area contributed by atoms with Crippen molar-refractivity contribution in [2.24, 2.45) is 0 Å². The van der Waals surface area contributed by atoms with E-state index in [2.05, 4.69) is 5.32 Å². The van der Waals surface area contributed by atoms with Crippen LogP contribution < -0.4 is 10.1 Å². The van der Waals surface area contributed by atoms with E-state index in [1.165, 1.54) is 6.08 Å². The molecule has 27 heavy (non-hydrogen) atoms. The van der Waals surface area contributed by atoms with Gasteiger partial charge in [-0.25, -0.2) is 4.39 Å². The first-order valence-corrected chi connectivity index (χ1v) is 8.68. The topological polar surface area (TPSA) is 38.3 Å². The van der Waals surface area contributed by atoms with Gasteiger partial charge in [0, 0.05) is 23.5 Å². The van der Waals surface area contributed by atoms with Gasteiger partial charge in [-0.15, -0.1) is 0 Å². The van der Waals surface area contributed by atoms with Gasteiger partial charge in [0.15, 0.2) is 5.78 Å². The molecule has 0 atom stereocenters. The third-order valence-corrected chi connectivity index (χ3v) is 3.96. The second kappa shape index (κ2) is 9.34. The van der Waals surface area contributed by atoms with E-state index in [4.69, 9.17) is 4.74 Å². The molecule has 0 aliphatic carbocycles. The third kappa shape index (κ3) is 5.28. The molecule has 0 aliphatic heterocycles. The van der Waals surface area contributed by atoms with E-state index in [0.29, 0.717) is 11.3 Å². The summed E-state index contributed by atoms with van der Waals surface area (Å²) in [4.78, 5) is 12.3. The number of hydrogen-bond donors (Lipinski definition) is 1. The lowest BCUT2D eigenvalue weighted by molar-refractivity contribution is 0.104. The smallest absolute Gasteiger partial charge is 0.187 e. The molecule has 0 unspecified atom stereocenters. The van der Waals surface area contributed by atoms with Gasteiger partial charge in [-0.1, -0.05) is 54.6 Å². The molecule has 0 bridgehead atoms. The van der Waals surface area contributed by atoms with Crippen LogP contribution in [0.15, 0.2) is 91.1 Å². The van der Waals surface area contributed by atoms with Crippen molar-refractivity contribution < 1.29 is 13.9 Å². The fraction of sp³-hybridized carbons (Fsp3) is 0.0870. The van der Waals surface area contributed by atoms with Gasteiger partial charge in [-0.2, -0.15) is 0 Å². The largest absolute Gasteiger partial charge is 0.491 e. The maximum atomic E-state index is 12.3. The number of ketones is 1. The first kappa shape index (κ1) is 18.4. The average Bonchev–Trinajstić information content (AvgIpc) is 2.74. The van der Waals surface area contributed by atoms with E-state index in [1.54, 1.807) is 30.5 Å². The predicted octanol–water partition coefficient (Wildman–Crippen LogP) is 5.51. The molecule has 0 heterocycles. The zero-order valence-corrected chi connectivity index (χ0v) is 14.8. The summed E-state index contributed by atoms with van der Waals surface area (Å²) < 4.78 is 17.2. The molecule has 3 aromatic rings. The molecule has 0 spiro atoms. The van der Waals surface area contributed by atoms with Crippen molar-refractivity contribution in [1.82, 2.24) is 0 Å². The fourth-order valence-corrected chi connectivity index (χ4v) is 2.57. The van der Waals surface area contributed by atoms with Crippen molar-refractivity contribution in [2.75, 3.05) is 18.6 Å². The Morgan fingerprint density at radius 2 is 1.56 bits per heavy atom. The Morgan fingerprint density at radius 3 is 2.22 bits per heavy atom. The first-order valence-electron chi connectivity index (χ1n) is 8.68. The highest BCUT2D eigenvalue weighted by atomic mass is 18.2. The minimum atomic E-state index is -0.517. The van der Waals surface area contributed by atoms with Crippen LogP contribution in [0.1, 0.15) is 10.4 Å². The van der Waals surface area contributed by atoms with Gasteiger partial charge in [0.1, 0.15) is 19.0 Å². The number of ether oxygens (including phenoxy) is 1.